The van der Waals surface area contributed by atoms with Crippen LogP contribution in [0.1, 0.15) is 31.7 Å². The van der Waals surface area contributed by atoms with Gasteiger partial charge in [0.05, 0.1) is 19.8 Å². The van der Waals surface area contributed by atoms with Gasteiger partial charge in [0.15, 0.2) is 5.60 Å². The summed E-state index contributed by atoms with van der Waals surface area (Å²) in [6.45, 7) is 5.41. The molecule has 0 aliphatic carbocycles. The predicted octanol–water partition coefficient (Wildman–Crippen LogP) is 2.88. The summed E-state index contributed by atoms with van der Waals surface area (Å²) in [7, 11) is 0. The van der Waals surface area contributed by atoms with E-state index in [-0.39, 0.29) is 5.97 Å². The number of epoxide rings is 1. The van der Waals surface area contributed by atoms with Gasteiger partial charge in [0, 0.05) is 0 Å². The van der Waals surface area contributed by atoms with Crippen LogP contribution in [0.4, 0.5) is 0 Å². The van der Waals surface area contributed by atoms with Crippen LogP contribution in [-0.2, 0) is 14.3 Å². The smallest absolute Gasteiger partial charge is 0.340 e. The number of aryl methyl sites for hydroxylation is 1. The van der Waals surface area contributed by atoms with Crippen LogP contribution >= 0.6 is 0 Å². The Kier molecular flexibility index (Phi) is 5.01. The molecule has 0 N–H and O–H groups in total. The molecule has 1 saturated heterocycles. The van der Waals surface area contributed by atoms with Crippen LogP contribution in [0.2, 0.25) is 0 Å². The SMILES string of the molecule is CCOC(=O)C1(CCCCOc2ccc(C)cc2)CO1. The van der Waals surface area contributed by atoms with Gasteiger partial charge in [-0.3, -0.25) is 0 Å². The van der Waals surface area contributed by atoms with E-state index in [1.54, 1.807) is 0 Å². The Balaban J connectivity index is 1.62. The molecule has 1 aromatic carbocycles. The molecule has 20 heavy (non-hydrogen) atoms. The van der Waals surface area contributed by atoms with Gasteiger partial charge in [-0.25, -0.2) is 4.79 Å². The number of carbonyl (C=O) groups excluding carboxylic acids is 1. The van der Waals surface area contributed by atoms with Gasteiger partial charge in [0.2, 0.25) is 0 Å². The molecule has 1 atom stereocenters. The van der Waals surface area contributed by atoms with Gasteiger partial charge < -0.3 is 14.2 Å². The average molecular weight is 278 g/mol. The molecule has 1 heterocycles. The maximum absolute atomic E-state index is 11.7. The van der Waals surface area contributed by atoms with Crippen molar-refractivity contribution in [3.63, 3.8) is 0 Å². The van der Waals surface area contributed by atoms with E-state index in [2.05, 4.69) is 0 Å². The summed E-state index contributed by atoms with van der Waals surface area (Å²) in [5, 5.41) is 0. The molecule has 1 unspecified atom stereocenters. The van der Waals surface area contributed by atoms with Crippen molar-refractivity contribution >= 4 is 5.97 Å². The van der Waals surface area contributed by atoms with Gasteiger partial charge in [-0.2, -0.15) is 0 Å². The number of hydrogen-bond acceptors (Lipinski definition) is 4. The van der Waals surface area contributed by atoms with Crippen molar-refractivity contribution in [2.75, 3.05) is 19.8 Å². The van der Waals surface area contributed by atoms with Crippen LogP contribution in [-0.4, -0.2) is 31.4 Å². The fourth-order valence-corrected chi connectivity index (χ4v) is 2.05. The lowest BCUT2D eigenvalue weighted by atomic mass is 10.0. The van der Waals surface area contributed by atoms with Crippen LogP contribution in [0.15, 0.2) is 24.3 Å². The molecule has 2 rings (SSSR count). The van der Waals surface area contributed by atoms with Crippen LogP contribution in [0, 0.1) is 6.92 Å². The van der Waals surface area contributed by atoms with E-state index in [9.17, 15) is 4.79 Å². The van der Waals surface area contributed by atoms with Crippen molar-refractivity contribution in [2.24, 2.45) is 0 Å². The van der Waals surface area contributed by atoms with E-state index in [4.69, 9.17) is 14.2 Å². The van der Waals surface area contributed by atoms with E-state index in [0.29, 0.717) is 26.2 Å². The summed E-state index contributed by atoms with van der Waals surface area (Å²) in [4.78, 5) is 11.7. The first-order valence-electron chi connectivity index (χ1n) is 7.17. The van der Waals surface area contributed by atoms with Crippen LogP contribution < -0.4 is 4.74 Å². The first-order chi connectivity index (χ1) is 9.66. The zero-order chi connectivity index (χ0) is 14.4. The Morgan fingerprint density at radius 2 is 2.00 bits per heavy atom. The lowest BCUT2D eigenvalue weighted by Crippen LogP contribution is -2.27. The van der Waals surface area contributed by atoms with E-state index in [1.807, 2.05) is 38.1 Å². The summed E-state index contributed by atoms with van der Waals surface area (Å²) >= 11 is 0. The first-order valence-corrected chi connectivity index (χ1v) is 7.17. The second kappa shape index (κ2) is 6.75. The third-order valence-electron chi connectivity index (χ3n) is 3.40. The summed E-state index contributed by atoms with van der Waals surface area (Å²) < 4.78 is 15.9. The molecule has 4 heteroatoms. The van der Waals surface area contributed by atoms with Gasteiger partial charge in [0.1, 0.15) is 5.75 Å². The fraction of sp³-hybridized carbons (Fsp3) is 0.562. The Bertz CT molecular complexity index is 434. The Hall–Kier alpha value is -1.55. The van der Waals surface area contributed by atoms with Crippen molar-refractivity contribution in [1.82, 2.24) is 0 Å². The number of unbranched alkanes of at least 4 members (excludes halogenated alkanes) is 1. The van der Waals surface area contributed by atoms with Crippen LogP contribution in [0.25, 0.3) is 0 Å². The molecule has 1 aromatic rings. The number of hydrogen-bond donors (Lipinski definition) is 0. The molecule has 1 aliphatic heterocycles. The number of esters is 1. The number of benzene rings is 1. The third-order valence-corrected chi connectivity index (χ3v) is 3.40. The molecule has 1 fully saturated rings. The highest BCUT2D eigenvalue weighted by molar-refractivity contribution is 5.82. The number of ether oxygens (including phenoxy) is 3. The maximum atomic E-state index is 11.7. The quantitative estimate of drug-likeness (QED) is 0.417. The monoisotopic (exact) mass is 278 g/mol. The lowest BCUT2D eigenvalue weighted by molar-refractivity contribution is -0.149. The highest BCUT2D eigenvalue weighted by atomic mass is 16.6. The summed E-state index contributed by atoms with van der Waals surface area (Å²) in [6, 6.07) is 8.01. The van der Waals surface area contributed by atoms with Crippen molar-refractivity contribution in [3.05, 3.63) is 29.8 Å². The van der Waals surface area contributed by atoms with Gasteiger partial charge >= 0.3 is 5.97 Å². The van der Waals surface area contributed by atoms with Crippen molar-refractivity contribution in [1.29, 1.82) is 0 Å². The second-order valence-electron chi connectivity index (χ2n) is 5.12. The standard InChI is InChI=1S/C16H22O4/c1-3-18-15(17)16(12-20-16)10-4-5-11-19-14-8-6-13(2)7-9-14/h6-9H,3-5,10-12H2,1-2H3. The molecule has 1 aliphatic rings. The minimum absolute atomic E-state index is 0.223. The van der Waals surface area contributed by atoms with E-state index < -0.39 is 5.60 Å². The second-order valence-corrected chi connectivity index (χ2v) is 5.12. The zero-order valence-corrected chi connectivity index (χ0v) is 12.2. The van der Waals surface area contributed by atoms with Gasteiger partial charge in [0.25, 0.3) is 0 Å². The van der Waals surface area contributed by atoms with Gasteiger partial charge in [-0.05, 0) is 45.2 Å². The van der Waals surface area contributed by atoms with Crippen LogP contribution in [0.3, 0.4) is 0 Å². The van der Waals surface area contributed by atoms with Crippen molar-refractivity contribution < 1.29 is 19.0 Å². The normalized spacial score (nSPS) is 20.5. The van der Waals surface area contributed by atoms with Gasteiger partial charge in [-0.1, -0.05) is 17.7 Å². The minimum atomic E-state index is -0.653. The summed E-state index contributed by atoms with van der Waals surface area (Å²) in [6.07, 6.45) is 2.51. The number of rotatable bonds is 8. The van der Waals surface area contributed by atoms with Crippen LogP contribution in [0.5, 0.6) is 5.75 Å². The zero-order valence-electron chi connectivity index (χ0n) is 12.2. The minimum Gasteiger partial charge on any atom is -0.494 e. The fourth-order valence-electron chi connectivity index (χ4n) is 2.05. The molecular formula is C16H22O4. The molecular weight excluding hydrogens is 256 g/mol. The largest absolute Gasteiger partial charge is 0.494 e. The third kappa shape index (κ3) is 3.97. The summed E-state index contributed by atoms with van der Waals surface area (Å²) in [5.41, 5.74) is 0.569. The molecule has 0 bridgehead atoms. The van der Waals surface area contributed by atoms with E-state index >= 15 is 0 Å². The molecule has 110 valence electrons. The highest BCUT2D eigenvalue weighted by Gasteiger charge is 2.52. The molecule has 0 saturated carbocycles. The number of carbonyl (C=O) groups is 1. The highest BCUT2D eigenvalue weighted by Crippen LogP contribution is 2.34. The topological polar surface area (TPSA) is 48.1 Å². The Morgan fingerprint density at radius 1 is 1.30 bits per heavy atom. The van der Waals surface area contributed by atoms with E-state index in [1.165, 1.54) is 5.56 Å². The summed E-state index contributed by atoms with van der Waals surface area (Å²) in [5.74, 6) is 0.665. The molecule has 0 aromatic heterocycles. The lowest BCUT2D eigenvalue weighted by Gasteiger charge is -2.11. The van der Waals surface area contributed by atoms with E-state index in [0.717, 1.165) is 18.6 Å². The average Bonchev–Trinajstić information content (AvgIpc) is 3.22. The Morgan fingerprint density at radius 3 is 2.60 bits per heavy atom. The predicted molar refractivity (Wildman–Crippen MR) is 75.8 cm³/mol. The molecule has 4 nitrogen and oxygen atoms in total. The van der Waals surface area contributed by atoms with Crippen molar-refractivity contribution in [3.8, 4) is 5.75 Å². The first kappa shape index (κ1) is 14.9. The maximum Gasteiger partial charge on any atom is 0.340 e. The van der Waals surface area contributed by atoms with Crippen molar-refractivity contribution in [2.45, 2.75) is 38.7 Å². The molecule has 0 amide bonds. The molecule has 0 spiro atoms. The Labute approximate surface area is 120 Å². The molecule has 0 radical (unpaired) electrons. The van der Waals surface area contributed by atoms with Gasteiger partial charge in [-0.15, -0.1) is 0 Å².